The summed E-state index contributed by atoms with van der Waals surface area (Å²) in [5.74, 6) is -22.4. The molecular weight excluding hydrogens is 1550 g/mol. The number of benzene rings is 2. The van der Waals surface area contributed by atoms with Crippen molar-refractivity contribution >= 4 is 136 Å². The predicted molar refractivity (Wildman–Crippen MR) is 395 cm³/mol. The molecule has 6 heterocycles. The Bertz CT molecular complexity index is 4340. The summed E-state index contributed by atoms with van der Waals surface area (Å²) >= 11 is 1.74. The fraction of sp³-hybridized carbons (Fsp3) is 0.493. The average Bonchev–Trinajstić information content (AvgIpc) is 1.22. The number of fused-ring (bicyclic) bond motifs is 1. The molecule has 12 N–H and O–H groups in total. The molecule has 5 aliphatic heterocycles. The first-order chi connectivity index (χ1) is 55.2. The zero-order chi connectivity index (χ0) is 84.6. The molecule has 0 radical (unpaired) electrons. The van der Waals surface area contributed by atoms with E-state index in [1.54, 1.807) is 11.8 Å². The number of thioether (sulfide) groups is 1. The van der Waals surface area contributed by atoms with Crippen LogP contribution in [0.2, 0.25) is 0 Å². The van der Waals surface area contributed by atoms with Crippen LogP contribution in [-0.4, -0.2) is 233 Å². The Kier molecular flexibility index (Phi) is 31.9. The van der Waals surface area contributed by atoms with Crippen LogP contribution in [0.1, 0.15) is 172 Å². The van der Waals surface area contributed by atoms with Crippen molar-refractivity contribution in [3.8, 4) is 11.5 Å². The summed E-state index contributed by atoms with van der Waals surface area (Å²) in [5, 5.41) is 60.7. The number of carbonyl (C=O) groups excluding carboxylic acids is 16. The largest absolute Gasteiger partial charge is 0.493 e. The van der Waals surface area contributed by atoms with E-state index >= 15 is 0 Å². The van der Waals surface area contributed by atoms with Crippen molar-refractivity contribution in [1.29, 1.82) is 0 Å². The number of likely N-dealkylation sites (tertiary alicyclic amines) is 1. The van der Waals surface area contributed by atoms with E-state index in [0.717, 1.165) is 42.5 Å². The number of hydroxylamine groups is 4. The van der Waals surface area contributed by atoms with Crippen LogP contribution in [-0.2, 0) is 92.9 Å². The van der Waals surface area contributed by atoms with E-state index < -0.39 is 204 Å². The number of carbonyl (C=O) groups is 19. The Morgan fingerprint density at radius 2 is 1.37 bits per heavy atom. The first-order valence-corrected chi connectivity index (χ1v) is 37.9. The number of methoxy groups -OCH3 is 1. The Hall–Kier alpha value is -12.9. The van der Waals surface area contributed by atoms with Gasteiger partial charge in [-0.05, 0) is 87.8 Å². The van der Waals surface area contributed by atoms with Crippen LogP contribution in [0, 0.1) is 22.0 Å². The number of aromatic nitrogens is 1. The number of nitro benzene ring substituents is 1. The lowest BCUT2D eigenvalue weighted by Crippen LogP contribution is -2.53. The van der Waals surface area contributed by atoms with E-state index in [2.05, 4.69) is 47.2 Å². The first kappa shape index (κ1) is 88.7. The van der Waals surface area contributed by atoms with Gasteiger partial charge in [0.05, 0.1) is 115 Å². The number of nitro groups is 1. The van der Waals surface area contributed by atoms with Gasteiger partial charge in [0, 0.05) is 81.4 Å². The van der Waals surface area contributed by atoms with E-state index in [1.807, 2.05) is 0 Å². The average molecular weight is 1640 g/mol. The molecule has 5 aliphatic rings. The molecule has 10 atom stereocenters. The summed E-state index contributed by atoms with van der Waals surface area (Å²) < 4.78 is 11.2. The number of hydrogen-bond acceptors (Lipinski definition) is 28. The molecule has 0 bridgehead atoms. The molecule has 1 aromatic heterocycles. The van der Waals surface area contributed by atoms with Crippen LogP contribution in [0.3, 0.4) is 0 Å². The van der Waals surface area contributed by atoms with E-state index in [0.29, 0.717) is 29.2 Å². The highest BCUT2D eigenvalue weighted by Gasteiger charge is 2.45. The summed E-state index contributed by atoms with van der Waals surface area (Å²) in [6.45, 7) is 0.112. The van der Waals surface area contributed by atoms with Gasteiger partial charge in [0.1, 0.15) is 12.1 Å². The van der Waals surface area contributed by atoms with Gasteiger partial charge in [-0.3, -0.25) is 96.8 Å². The number of ether oxygens (including phenoxy) is 2. The Morgan fingerprint density at radius 1 is 0.716 bits per heavy atom. The van der Waals surface area contributed by atoms with Crippen molar-refractivity contribution in [2.24, 2.45) is 22.6 Å². The van der Waals surface area contributed by atoms with Gasteiger partial charge in [-0.15, -0.1) is 10.1 Å². The van der Waals surface area contributed by atoms with Gasteiger partial charge in [0.2, 0.25) is 29.5 Å². The second kappa shape index (κ2) is 41.8. The molecule has 5 fully saturated rings. The number of nitrogens with one attached hydrogen (secondary N) is 7. The van der Waals surface area contributed by atoms with E-state index in [4.69, 9.17) is 24.9 Å². The molecule has 2 aromatic carbocycles. The van der Waals surface area contributed by atoms with Gasteiger partial charge < -0.3 is 82.3 Å². The van der Waals surface area contributed by atoms with Gasteiger partial charge in [0.25, 0.3) is 41.1 Å². The number of unbranched alkanes of at least 4 members (excludes halogenated alkanes) is 2. The van der Waals surface area contributed by atoms with Crippen LogP contribution in [0.5, 0.6) is 11.5 Å². The summed E-state index contributed by atoms with van der Waals surface area (Å²) in [4.78, 5) is 277. The first-order valence-electron chi connectivity index (χ1n) is 36.8. The van der Waals surface area contributed by atoms with Crippen LogP contribution >= 0.6 is 11.8 Å². The van der Waals surface area contributed by atoms with E-state index in [1.165, 1.54) is 49.5 Å². The Balaban J connectivity index is 0.910. The fourth-order valence-electron chi connectivity index (χ4n) is 13.2. The Morgan fingerprint density at radius 3 is 2.00 bits per heavy atom. The van der Waals surface area contributed by atoms with Crippen LogP contribution in [0.25, 0.3) is 0 Å². The van der Waals surface area contributed by atoms with Gasteiger partial charge in [0.15, 0.2) is 29.7 Å². The standard InChI is InChI=1S/C73H86N14O28S/c1-37(44-28-53(112-2)54(31-50(44)87(110)111)113-35-57(91)79-45(70(106)80-46(29-63(98)99)51(88)24-41(67(74)103)26-62(96)97)8-5-6-22-76-56(90)11-4-3-10-55-66-48(36-116-55)82-73(109)83-66)78-69(105)42(27-65(102)114-85-58(92)18-19-59(85)93)25-52(89)49-9-7-23-84(49)71(107)47(30-64(100)101)81-68(104)40-16-17-43(77-33-40)34-75-32-38-12-14-39(15-13-38)72(108)115-86-60(94)20-21-61(86)95/h12-17,28,31-33,37,41-42,45-49,55,66H,3-11,18-27,29-30,34-36H2,1-2H3,(H2,74,103)(H,76,90)(H,78,105)(H,79,91)(H,80,106)(H,81,104)(H,96,97)(H,98,99)(H,100,101)(H2,82,83,109). The van der Waals surface area contributed by atoms with Crippen molar-refractivity contribution in [2.75, 3.05) is 32.6 Å². The minimum atomic E-state index is -1.89. The lowest BCUT2D eigenvalue weighted by atomic mass is 9.93. The summed E-state index contributed by atoms with van der Waals surface area (Å²) in [6.07, 6.45) is -1.74. The van der Waals surface area contributed by atoms with Crippen molar-refractivity contribution in [3.63, 3.8) is 0 Å². The number of nitrogens with two attached hydrogens (primary N) is 1. The van der Waals surface area contributed by atoms with Gasteiger partial charge in [-0.2, -0.15) is 11.8 Å². The Labute approximate surface area is 663 Å². The molecule has 13 amide bonds. The second-order valence-electron chi connectivity index (χ2n) is 27.7. The highest BCUT2D eigenvalue weighted by molar-refractivity contribution is 8.00. The number of nitrogens with zero attached hydrogens (tertiary/aromatic N) is 6. The monoisotopic (exact) mass is 1640 g/mol. The number of hydrogen-bond donors (Lipinski definition) is 11. The maximum absolute atomic E-state index is 14.5. The predicted octanol–water partition coefficient (Wildman–Crippen LogP) is 0.223. The molecule has 622 valence electrons. The van der Waals surface area contributed by atoms with E-state index in [9.17, 15) is 117 Å². The molecular formula is C73H86N14O28S. The van der Waals surface area contributed by atoms with Gasteiger partial charge in [-0.1, -0.05) is 18.6 Å². The maximum atomic E-state index is 14.5. The van der Waals surface area contributed by atoms with Crippen molar-refractivity contribution in [1.82, 2.24) is 57.2 Å². The molecule has 116 heavy (non-hydrogen) atoms. The number of primary amides is 1. The third-order valence-corrected chi connectivity index (χ3v) is 20.8. The lowest BCUT2D eigenvalue weighted by molar-refractivity contribution is -0.385. The third-order valence-electron chi connectivity index (χ3n) is 19.2. The highest BCUT2D eigenvalue weighted by Crippen LogP contribution is 2.39. The number of Topliss-reactive ketones (excluding diaryl/α,β-unsaturated/α-hetero) is 2. The third kappa shape index (κ3) is 25.3. The minimum absolute atomic E-state index is 0.00135. The molecule has 3 aromatic rings. The molecule has 43 heteroatoms. The molecule has 5 saturated heterocycles. The SMILES string of the molecule is COc1cc(C(C)NC(=O)C(CC(=O)ON2C(=O)CCC2=O)CC(=O)C2CCCN2C(=O)C(CC(=O)O)NC(=O)c2ccc(CN=Cc3ccc(C(=O)ON4C(=O)CCC4=O)cc3)nc2)c([N+](=O)[O-])cc1OCC(=O)NC(CCCCNC(=O)CCCCC1SCC2NC(=O)NC21)C(=O)NC(CC(=O)O)C(=O)CC(CC(=O)O)C(N)=O. The van der Waals surface area contributed by atoms with Crippen molar-refractivity contribution in [3.05, 3.63) is 92.8 Å². The number of amides is 13. The number of pyridine rings is 1. The summed E-state index contributed by atoms with van der Waals surface area (Å²) in [5.41, 5.74) is 4.99. The zero-order valence-corrected chi connectivity index (χ0v) is 63.6. The van der Waals surface area contributed by atoms with Gasteiger partial charge in [-0.25, -0.2) is 14.4 Å². The second-order valence-corrected chi connectivity index (χ2v) is 29.0. The molecule has 0 saturated carbocycles. The highest BCUT2D eigenvalue weighted by atomic mass is 32.2. The number of rotatable bonds is 45. The topological polar surface area (TPSA) is 610 Å². The number of carboxylic acid groups (broad SMARTS) is 3. The molecule has 10 unspecified atom stereocenters. The number of imide groups is 2. The molecule has 8 rings (SSSR count). The van der Waals surface area contributed by atoms with Crippen LogP contribution in [0.15, 0.2) is 59.7 Å². The quantitative estimate of drug-likeness (QED) is 0.00900. The number of carboxylic acids is 3. The lowest BCUT2D eigenvalue weighted by Gasteiger charge is -2.29. The summed E-state index contributed by atoms with van der Waals surface area (Å²) in [6, 6.07) is 2.04. The van der Waals surface area contributed by atoms with Crippen molar-refractivity contribution in [2.45, 2.75) is 183 Å². The van der Waals surface area contributed by atoms with Crippen molar-refractivity contribution < 1.29 is 130 Å². The maximum Gasteiger partial charge on any atom is 0.363 e. The van der Waals surface area contributed by atoms with Crippen LogP contribution < -0.4 is 52.4 Å². The summed E-state index contributed by atoms with van der Waals surface area (Å²) in [7, 11) is 1.09. The number of aliphatic imine (C=N–C) groups is 1. The van der Waals surface area contributed by atoms with Gasteiger partial charge >= 0.3 is 35.9 Å². The smallest absolute Gasteiger partial charge is 0.363 e. The van der Waals surface area contributed by atoms with Crippen LogP contribution in [0.4, 0.5) is 10.5 Å². The van der Waals surface area contributed by atoms with E-state index in [-0.39, 0.29) is 141 Å². The normalized spacial score (nSPS) is 18.4. The zero-order valence-electron chi connectivity index (χ0n) is 62.7. The number of urea groups is 1. The minimum Gasteiger partial charge on any atom is -0.493 e. The molecule has 0 aliphatic carbocycles. The fourth-order valence-corrected chi connectivity index (χ4v) is 14.8. The molecule has 0 spiro atoms. The molecule has 42 nitrogen and oxygen atoms in total. The number of ketones is 2. The number of aliphatic carboxylic acids is 3.